The third-order valence-corrected chi connectivity index (χ3v) is 0.551. The lowest BCUT2D eigenvalue weighted by Gasteiger charge is -2.17. The van der Waals surface area contributed by atoms with E-state index in [0.717, 1.165) is 11.5 Å². The number of rotatable bonds is 2. The van der Waals surface area contributed by atoms with Crippen molar-refractivity contribution in [2.75, 3.05) is 7.05 Å². The van der Waals surface area contributed by atoms with Crippen molar-refractivity contribution in [1.29, 1.82) is 0 Å². The Kier molecular flexibility index (Phi) is 3.42. The maximum absolute atomic E-state index is 10.0. The monoisotopic (exact) mass is 100 g/mol. The topological polar surface area (TPSA) is 26.3 Å². The van der Waals surface area contributed by atoms with E-state index >= 15 is 0 Å². The van der Waals surface area contributed by atoms with Gasteiger partial charge in [-0.25, -0.2) is 0 Å². The molecule has 0 N–H and O–H groups in total. The van der Waals surface area contributed by atoms with Crippen LogP contribution in [0.5, 0.6) is 0 Å². The quantitative estimate of drug-likeness (QED) is 0.489. The molecule has 0 saturated heterocycles. The number of hydrogen-bond acceptors (Lipinski definition) is 2. The molecule has 0 saturated carbocycles. The van der Waals surface area contributed by atoms with E-state index in [1.807, 2.05) is 13.0 Å². The van der Waals surface area contributed by atoms with Crippen LogP contribution in [0, 0.1) is 5.21 Å². The van der Waals surface area contributed by atoms with E-state index in [2.05, 4.69) is 0 Å². The van der Waals surface area contributed by atoms with Crippen LogP contribution in [-0.2, 0) is 0 Å². The lowest BCUT2D eigenvalue weighted by molar-refractivity contribution is 0.627. The minimum absolute atomic E-state index is 0.781. The first-order valence-corrected chi connectivity index (χ1v) is 2.34. The molecule has 0 atom stereocenters. The normalized spacial score (nSPS) is 10.1. The molecule has 0 aromatic heterocycles. The Labute approximate surface area is 44.0 Å². The molecule has 0 aromatic carbocycles. The van der Waals surface area contributed by atoms with E-state index in [1.54, 1.807) is 0 Å². The van der Waals surface area contributed by atoms with Gasteiger partial charge in [0.25, 0.3) is 0 Å². The summed E-state index contributed by atoms with van der Waals surface area (Å²) < 4.78 is 0. The van der Waals surface area contributed by atoms with Gasteiger partial charge in [-0.2, -0.15) is 0 Å². The molecule has 0 rings (SSSR count). The zero-order valence-electron chi connectivity index (χ0n) is 4.72. The molecule has 0 fully saturated rings. The Balaban J connectivity index is 3.08. The molecule has 2 nitrogen and oxygen atoms in total. The van der Waals surface area contributed by atoms with Gasteiger partial charge in [0.1, 0.15) is 0 Å². The molecular weight excluding hydrogens is 90.1 g/mol. The smallest absolute Gasteiger partial charge is 0.00662 e. The van der Waals surface area contributed by atoms with Crippen LogP contribution in [0.3, 0.4) is 0 Å². The zero-order chi connectivity index (χ0) is 5.70. The average Bonchev–Trinajstić information content (AvgIpc) is 1.61. The van der Waals surface area contributed by atoms with Crippen molar-refractivity contribution in [1.82, 2.24) is 5.06 Å². The highest BCUT2D eigenvalue weighted by Crippen LogP contribution is 1.81. The van der Waals surface area contributed by atoms with Crippen LogP contribution in [0.4, 0.5) is 0 Å². The molecule has 0 aliphatic heterocycles. The molecule has 0 unspecified atom stereocenters. The molecule has 0 radical (unpaired) electrons. The van der Waals surface area contributed by atoms with Crippen LogP contribution in [0.15, 0.2) is 12.3 Å². The van der Waals surface area contributed by atoms with Gasteiger partial charge in [0, 0.05) is 0 Å². The van der Waals surface area contributed by atoms with Crippen LogP contribution < -0.4 is 0 Å². The fraction of sp³-hybridized carbons (Fsp3) is 0.600. The molecular formula is C5H10NO-. The van der Waals surface area contributed by atoms with Crippen molar-refractivity contribution in [3.8, 4) is 0 Å². The predicted molar refractivity (Wildman–Crippen MR) is 30.6 cm³/mol. The highest BCUT2D eigenvalue weighted by molar-refractivity contribution is 4.78. The van der Waals surface area contributed by atoms with Gasteiger partial charge in [-0.05, 0) is 19.7 Å². The molecule has 7 heavy (non-hydrogen) atoms. The predicted octanol–water partition coefficient (Wildman–Crippen LogP) is 1.34. The summed E-state index contributed by atoms with van der Waals surface area (Å²) in [4.78, 5) is 0. The first-order valence-electron chi connectivity index (χ1n) is 2.34. The molecule has 0 aliphatic rings. The van der Waals surface area contributed by atoms with Crippen molar-refractivity contribution >= 4 is 0 Å². The Bertz CT molecular complexity index is 59.1. The third kappa shape index (κ3) is 5.50. The van der Waals surface area contributed by atoms with Crippen LogP contribution >= 0.6 is 0 Å². The first kappa shape index (κ1) is 6.50. The number of nitrogens with zero attached hydrogens (tertiary/aromatic N) is 1. The largest absolute Gasteiger partial charge is 0.759 e. The van der Waals surface area contributed by atoms with Crippen LogP contribution in [-0.4, -0.2) is 12.1 Å². The van der Waals surface area contributed by atoms with Gasteiger partial charge in [-0.1, -0.05) is 13.0 Å². The van der Waals surface area contributed by atoms with E-state index in [1.165, 1.54) is 13.2 Å². The second-order valence-electron chi connectivity index (χ2n) is 1.34. The van der Waals surface area contributed by atoms with Gasteiger partial charge in [0.05, 0.1) is 0 Å². The Hall–Kier alpha value is -0.500. The van der Waals surface area contributed by atoms with E-state index in [0.29, 0.717) is 0 Å². The second-order valence-corrected chi connectivity index (χ2v) is 1.34. The summed E-state index contributed by atoms with van der Waals surface area (Å²) in [7, 11) is 1.46. The number of hydroxylamine groups is 2. The third-order valence-electron chi connectivity index (χ3n) is 0.551. The van der Waals surface area contributed by atoms with Gasteiger partial charge in [0.15, 0.2) is 0 Å². The zero-order valence-corrected chi connectivity index (χ0v) is 4.72. The van der Waals surface area contributed by atoms with Gasteiger partial charge >= 0.3 is 0 Å². The Morgan fingerprint density at radius 3 is 2.43 bits per heavy atom. The second kappa shape index (κ2) is 3.68. The molecule has 0 bridgehead atoms. The first-order chi connectivity index (χ1) is 3.27. The molecule has 0 heterocycles. The van der Waals surface area contributed by atoms with Crippen molar-refractivity contribution < 1.29 is 0 Å². The summed E-state index contributed by atoms with van der Waals surface area (Å²) in [5, 5.41) is 10.8. The summed E-state index contributed by atoms with van der Waals surface area (Å²) >= 11 is 0. The maximum atomic E-state index is 10.0. The molecule has 0 amide bonds. The fourth-order valence-electron chi connectivity index (χ4n) is 0.254. The summed E-state index contributed by atoms with van der Waals surface area (Å²) in [6.45, 7) is 1.99. The minimum Gasteiger partial charge on any atom is -0.759 e. The van der Waals surface area contributed by atoms with E-state index in [9.17, 15) is 5.21 Å². The van der Waals surface area contributed by atoms with Crippen LogP contribution in [0.2, 0.25) is 0 Å². The van der Waals surface area contributed by atoms with Crippen LogP contribution in [0.25, 0.3) is 0 Å². The molecule has 42 valence electrons. The number of allylic oxidation sites excluding steroid dienone is 1. The molecule has 2 heteroatoms. The Morgan fingerprint density at radius 2 is 2.29 bits per heavy atom. The van der Waals surface area contributed by atoms with E-state index in [4.69, 9.17) is 0 Å². The molecule has 0 aliphatic carbocycles. The summed E-state index contributed by atoms with van der Waals surface area (Å²) in [6.07, 6.45) is 4.24. The van der Waals surface area contributed by atoms with Crippen molar-refractivity contribution in [3.05, 3.63) is 17.5 Å². The van der Waals surface area contributed by atoms with Gasteiger partial charge in [-0.15, -0.1) is 0 Å². The highest BCUT2D eigenvalue weighted by atomic mass is 16.5. The van der Waals surface area contributed by atoms with Gasteiger partial charge in [-0.3, -0.25) is 0 Å². The summed E-state index contributed by atoms with van der Waals surface area (Å²) in [5.74, 6) is 0. The van der Waals surface area contributed by atoms with Crippen molar-refractivity contribution in [2.45, 2.75) is 13.3 Å². The fourth-order valence-corrected chi connectivity index (χ4v) is 0.254. The highest BCUT2D eigenvalue weighted by Gasteiger charge is 1.62. The van der Waals surface area contributed by atoms with Crippen molar-refractivity contribution in [3.63, 3.8) is 0 Å². The molecule has 0 aromatic rings. The SMILES string of the molecule is CC/C=C\N(C)[O-]. The summed E-state index contributed by atoms with van der Waals surface area (Å²) in [6, 6.07) is 0. The van der Waals surface area contributed by atoms with Crippen molar-refractivity contribution in [2.24, 2.45) is 0 Å². The van der Waals surface area contributed by atoms with Gasteiger partial charge in [0.2, 0.25) is 0 Å². The number of hydrogen-bond donors (Lipinski definition) is 0. The lowest BCUT2D eigenvalue weighted by atomic mass is 10.5. The van der Waals surface area contributed by atoms with Gasteiger partial charge < -0.3 is 10.3 Å². The van der Waals surface area contributed by atoms with E-state index < -0.39 is 0 Å². The van der Waals surface area contributed by atoms with Crippen LogP contribution in [0.1, 0.15) is 13.3 Å². The minimum atomic E-state index is 0.781. The Morgan fingerprint density at radius 1 is 1.71 bits per heavy atom. The molecule has 0 spiro atoms. The standard InChI is InChI=1S/C5H10NO/c1-3-4-5-6(2)7/h4-5H,3H2,1-2H3/q-1/b5-4-. The lowest BCUT2D eigenvalue weighted by Crippen LogP contribution is -1.95. The maximum Gasteiger partial charge on any atom is -0.00662 e. The average molecular weight is 100 g/mol. The van der Waals surface area contributed by atoms with E-state index in [-0.39, 0.29) is 0 Å². The summed E-state index contributed by atoms with van der Waals surface area (Å²) in [5.41, 5.74) is 0.